The summed E-state index contributed by atoms with van der Waals surface area (Å²) in [7, 11) is 0. The molecule has 0 aliphatic carbocycles. The van der Waals surface area contributed by atoms with Gasteiger partial charge in [-0.25, -0.2) is 4.98 Å². The van der Waals surface area contributed by atoms with E-state index in [1.807, 2.05) is 18.3 Å². The molecule has 0 saturated heterocycles. The Kier molecular flexibility index (Phi) is 3.45. The van der Waals surface area contributed by atoms with Gasteiger partial charge in [0.2, 0.25) is 5.91 Å². The summed E-state index contributed by atoms with van der Waals surface area (Å²) in [5.74, 6) is 0.658. The molecule has 0 spiro atoms. The zero-order valence-corrected chi connectivity index (χ0v) is 13.6. The molecule has 0 radical (unpaired) electrons. The minimum atomic E-state index is -0.348. The van der Waals surface area contributed by atoms with Crippen LogP contribution in [0.3, 0.4) is 0 Å². The molecule has 1 amide bonds. The van der Waals surface area contributed by atoms with Crippen molar-refractivity contribution in [1.29, 1.82) is 0 Å². The molecule has 120 valence electrons. The number of fused-ring (bicyclic) bond motifs is 2. The second-order valence-corrected chi connectivity index (χ2v) is 6.28. The van der Waals surface area contributed by atoms with Crippen LogP contribution in [0.4, 0.5) is 5.82 Å². The van der Waals surface area contributed by atoms with Crippen molar-refractivity contribution < 1.29 is 4.79 Å². The van der Waals surface area contributed by atoms with Crippen LogP contribution in [0.2, 0.25) is 0 Å². The highest BCUT2D eigenvalue weighted by molar-refractivity contribution is 5.96. The monoisotopic (exact) mass is 317 g/mol. The molecule has 2 aromatic carbocycles. The van der Waals surface area contributed by atoms with Crippen molar-refractivity contribution in [2.45, 2.75) is 19.9 Å². The van der Waals surface area contributed by atoms with Gasteiger partial charge in [0.1, 0.15) is 5.82 Å². The summed E-state index contributed by atoms with van der Waals surface area (Å²) in [4.78, 5) is 18.6. The maximum absolute atomic E-state index is 11.6. The third kappa shape index (κ3) is 2.31. The van der Waals surface area contributed by atoms with Gasteiger partial charge in [-0.15, -0.1) is 0 Å². The van der Waals surface area contributed by atoms with Gasteiger partial charge >= 0.3 is 0 Å². The molecule has 1 aliphatic rings. The predicted molar refractivity (Wildman–Crippen MR) is 96.2 cm³/mol. The number of aryl methyl sites for hydroxylation is 1. The number of primary amides is 1. The number of rotatable bonds is 2. The van der Waals surface area contributed by atoms with Crippen molar-refractivity contribution in [3.63, 3.8) is 0 Å². The van der Waals surface area contributed by atoms with Gasteiger partial charge in [0.25, 0.3) is 0 Å². The van der Waals surface area contributed by atoms with Gasteiger partial charge in [-0.1, -0.05) is 30.3 Å². The molecule has 1 aromatic heterocycles. The number of amides is 1. The fraction of sp³-hybridized carbons (Fsp3) is 0.200. The molecule has 2 heterocycles. The highest BCUT2D eigenvalue weighted by atomic mass is 16.1. The number of nitrogens with two attached hydrogens (primary N) is 1. The maximum Gasteiger partial charge on any atom is 0.248 e. The van der Waals surface area contributed by atoms with E-state index in [1.54, 1.807) is 0 Å². The van der Waals surface area contributed by atoms with Crippen molar-refractivity contribution in [3.05, 3.63) is 70.9 Å². The van der Waals surface area contributed by atoms with Crippen molar-refractivity contribution in [3.8, 4) is 0 Å². The van der Waals surface area contributed by atoms with Crippen molar-refractivity contribution in [2.75, 3.05) is 11.4 Å². The first-order chi connectivity index (χ1) is 11.6. The predicted octanol–water partition coefficient (Wildman–Crippen LogP) is 3.20. The lowest BCUT2D eigenvalue weighted by Gasteiger charge is -2.31. The second-order valence-electron chi connectivity index (χ2n) is 6.28. The van der Waals surface area contributed by atoms with Gasteiger partial charge in [-0.3, -0.25) is 4.79 Å². The van der Waals surface area contributed by atoms with E-state index in [2.05, 4.69) is 47.1 Å². The Bertz CT molecular complexity index is 949. The number of pyridine rings is 1. The Balaban J connectivity index is 1.77. The minimum Gasteiger partial charge on any atom is -0.366 e. The maximum atomic E-state index is 11.6. The van der Waals surface area contributed by atoms with E-state index in [1.165, 1.54) is 16.3 Å². The average molecular weight is 317 g/mol. The lowest BCUT2D eigenvalue weighted by atomic mass is 9.94. The molecule has 0 bridgehead atoms. The van der Waals surface area contributed by atoms with Crippen LogP contribution in [0, 0.1) is 6.92 Å². The molecule has 4 nitrogen and oxygen atoms in total. The Hall–Kier alpha value is -2.88. The van der Waals surface area contributed by atoms with E-state index in [0.29, 0.717) is 5.56 Å². The molecule has 0 fully saturated rings. The number of aromatic nitrogens is 1. The lowest BCUT2D eigenvalue weighted by molar-refractivity contribution is 0.0999. The summed E-state index contributed by atoms with van der Waals surface area (Å²) < 4.78 is 0. The molecule has 24 heavy (non-hydrogen) atoms. The SMILES string of the molecule is Cc1cccc2c(N3CCc4c(cccc4C(N)=O)C3)nccc12. The summed E-state index contributed by atoms with van der Waals surface area (Å²) in [6, 6.07) is 14.2. The largest absolute Gasteiger partial charge is 0.366 e. The molecule has 4 heteroatoms. The first-order valence-electron chi connectivity index (χ1n) is 8.15. The van der Waals surface area contributed by atoms with Crippen LogP contribution in [0.15, 0.2) is 48.7 Å². The fourth-order valence-corrected chi connectivity index (χ4v) is 3.62. The van der Waals surface area contributed by atoms with Crippen molar-refractivity contribution in [2.24, 2.45) is 5.73 Å². The summed E-state index contributed by atoms with van der Waals surface area (Å²) in [5.41, 5.74) is 9.65. The molecule has 4 rings (SSSR count). The van der Waals surface area contributed by atoms with E-state index >= 15 is 0 Å². The minimum absolute atomic E-state index is 0.348. The Morgan fingerprint density at radius 2 is 1.96 bits per heavy atom. The molecule has 0 unspecified atom stereocenters. The van der Waals surface area contributed by atoms with E-state index in [0.717, 1.165) is 36.5 Å². The third-order valence-corrected chi connectivity index (χ3v) is 4.83. The highest BCUT2D eigenvalue weighted by Gasteiger charge is 2.22. The molecule has 1 aliphatic heterocycles. The standard InChI is InChI=1S/C20H19N3O/c1-13-4-2-7-18-15(13)8-10-22-20(18)23-11-9-16-14(12-23)5-3-6-17(16)19(21)24/h2-8,10H,9,11-12H2,1H3,(H2,21,24). The zero-order chi connectivity index (χ0) is 16.7. The van der Waals surface area contributed by atoms with Gasteiger partial charge in [-0.2, -0.15) is 0 Å². The number of carbonyl (C=O) groups is 1. The number of nitrogens with zero attached hydrogens (tertiary/aromatic N) is 2. The van der Waals surface area contributed by atoms with E-state index in [-0.39, 0.29) is 5.91 Å². The van der Waals surface area contributed by atoms with Crippen LogP contribution >= 0.6 is 0 Å². The van der Waals surface area contributed by atoms with E-state index in [9.17, 15) is 4.79 Å². The van der Waals surface area contributed by atoms with Gasteiger partial charge in [0, 0.05) is 30.2 Å². The van der Waals surface area contributed by atoms with Gasteiger partial charge in [0.05, 0.1) is 0 Å². The van der Waals surface area contributed by atoms with Crippen LogP contribution in [-0.2, 0) is 13.0 Å². The number of carbonyl (C=O) groups excluding carboxylic acids is 1. The van der Waals surface area contributed by atoms with Crippen LogP contribution in [0.5, 0.6) is 0 Å². The number of anilines is 1. The van der Waals surface area contributed by atoms with Gasteiger partial charge < -0.3 is 10.6 Å². The van der Waals surface area contributed by atoms with Crippen molar-refractivity contribution >= 4 is 22.5 Å². The van der Waals surface area contributed by atoms with Crippen LogP contribution in [0.1, 0.15) is 27.0 Å². The Morgan fingerprint density at radius 1 is 1.12 bits per heavy atom. The number of hydrogen-bond donors (Lipinski definition) is 1. The Labute approximate surface area is 140 Å². The third-order valence-electron chi connectivity index (χ3n) is 4.83. The van der Waals surface area contributed by atoms with Crippen LogP contribution < -0.4 is 10.6 Å². The van der Waals surface area contributed by atoms with Gasteiger partial charge in [0.15, 0.2) is 0 Å². The molecule has 0 atom stereocenters. The normalized spacial score (nSPS) is 13.8. The molecular weight excluding hydrogens is 298 g/mol. The smallest absolute Gasteiger partial charge is 0.248 e. The first kappa shape index (κ1) is 14.7. The van der Waals surface area contributed by atoms with E-state index in [4.69, 9.17) is 5.73 Å². The summed E-state index contributed by atoms with van der Waals surface area (Å²) in [6.07, 6.45) is 2.68. The molecule has 2 N–H and O–H groups in total. The summed E-state index contributed by atoms with van der Waals surface area (Å²) in [5, 5.41) is 2.41. The Morgan fingerprint density at radius 3 is 2.79 bits per heavy atom. The molecule has 0 saturated carbocycles. The number of benzene rings is 2. The first-order valence-corrected chi connectivity index (χ1v) is 8.15. The zero-order valence-electron chi connectivity index (χ0n) is 13.6. The average Bonchev–Trinajstić information content (AvgIpc) is 2.60. The van der Waals surface area contributed by atoms with E-state index < -0.39 is 0 Å². The molecule has 3 aromatic rings. The number of hydrogen-bond acceptors (Lipinski definition) is 3. The quantitative estimate of drug-likeness (QED) is 0.789. The van der Waals surface area contributed by atoms with Gasteiger partial charge in [-0.05, 0) is 47.6 Å². The lowest BCUT2D eigenvalue weighted by Crippen LogP contribution is -2.32. The van der Waals surface area contributed by atoms with Crippen molar-refractivity contribution in [1.82, 2.24) is 4.98 Å². The summed E-state index contributed by atoms with van der Waals surface area (Å²) >= 11 is 0. The van der Waals surface area contributed by atoms with Crippen LogP contribution in [0.25, 0.3) is 10.8 Å². The fourth-order valence-electron chi connectivity index (χ4n) is 3.62. The second kappa shape index (κ2) is 5.64. The summed E-state index contributed by atoms with van der Waals surface area (Å²) in [6.45, 7) is 3.70. The topological polar surface area (TPSA) is 59.2 Å². The highest BCUT2D eigenvalue weighted by Crippen LogP contribution is 2.31. The molecular formula is C20H19N3O. The van der Waals surface area contributed by atoms with Crippen LogP contribution in [-0.4, -0.2) is 17.4 Å².